The van der Waals surface area contributed by atoms with E-state index in [0.717, 1.165) is 0 Å². The Morgan fingerprint density at radius 1 is 1.25 bits per heavy atom. The van der Waals surface area contributed by atoms with Gasteiger partial charge in [-0.2, -0.15) is 0 Å². The second kappa shape index (κ2) is 105. The molecule has 2 nitrogen and oxygen atoms in total. The molecular weight excluding hydrogens is 136 g/mol. The molecule has 0 aromatic carbocycles. The summed E-state index contributed by atoms with van der Waals surface area (Å²) < 4.78 is 16.4. The molecule has 4 heavy (non-hydrogen) atoms. The Morgan fingerprint density at radius 3 is 1.25 bits per heavy atom. The summed E-state index contributed by atoms with van der Waals surface area (Å²) in [6, 6.07) is 0. The normalized spacial score (nSPS) is 2.00. The Labute approximate surface area is 34.6 Å². The number of hydrogen-bond acceptors (Lipinski definition) is 2. The molecule has 0 atom stereocenters. The van der Waals surface area contributed by atoms with Gasteiger partial charge in [-0.05, 0) is 0 Å². The Hall–Kier alpha value is 0.443. The summed E-state index contributed by atoms with van der Waals surface area (Å²) >= 11 is 0.438. The molecule has 0 aliphatic carbocycles. The van der Waals surface area contributed by atoms with Gasteiger partial charge in [0.15, 0.2) is 0 Å². The Balaban J connectivity index is 0. The molecule has 0 heterocycles. The summed E-state index contributed by atoms with van der Waals surface area (Å²) in [6.07, 6.45) is 0. The molecule has 0 bridgehead atoms. The van der Waals surface area contributed by atoms with Crippen LogP contribution in [0.5, 0.6) is 0 Å². The van der Waals surface area contributed by atoms with E-state index in [-0.39, 0.29) is 0 Å². The molecule has 0 saturated heterocycles. The summed E-state index contributed by atoms with van der Waals surface area (Å²) in [5.41, 5.74) is 0. The van der Waals surface area contributed by atoms with Crippen LogP contribution in [0.4, 0.5) is 0 Å². The summed E-state index contributed by atoms with van der Waals surface area (Å²) in [6.45, 7) is 0. The quantitative estimate of drug-likeness (QED) is 0.340. The van der Waals surface area contributed by atoms with Crippen LogP contribution < -0.4 is 0 Å². The number of rotatable bonds is 0. The van der Waals surface area contributed by atoms with E-state index >= 15 is 0 Å². The second-order valence-corrected chi connectivity index (χ2v) is 0. The van der Waals surface area contributed by atoms with Crippen molar-refractivity contribution in [1.29, 1.82) is 0 Å². The van der Waals surface area contributed by atoms with Crippen molar-refractivity contribution < 1.29 is 8.34 Å². The molecule has 0 unspecified atom stereocenters. The van der Waals surface area contributed by atoms with E-state index < -0.39 is 0 Å². The van der Waals surface area contributed by atoms with Crippen LogP contribution in [-0.2, 0) is 8.34 Å². The van der Waals surface area contributed by atoms with Gasteiger partial charge in [0.2, 0.25) is 0 Å². The maximum absolute atomic E-state index is 8.31. The molecule has 0 amide bonds. The summed E-state index contributed by atoms with van der Waals surface area (Å²) in [5.74, 6) is 0. The molecule has 0 spiro atoms. The molecule has 0 aromatic heterocycles. The van der Waals surface area contributed by atoms with Gasteiger partial charge in [-0.3, -0.25) is 4.57 Å². The van der Waals surface area contributed by atoms with Gasteiger partial charge in [-0.25, -0.2) is 0 Å². The van der Waals surface area contributed by atoms with Gasteiger partial charge >= 0.3 is 20.2 Å². The fourth-order valence-corrected chi connectivity index (χ4v) is 0. The van der Waals surface area contributed by atoms with E-state index in [1.165, 1.54) is 0 Å². The van der Waals surface area contributed by atoms with Crippen LogP contribution in [0, 0.1) is 0 Å². The molecule has 0 N–H and O–H groups in total. The summed E-state index contributed by atoms with van der Waals surface area (Å²) in [7, 11) is 1.72. The fourth-order valence-electron chi connectivity index (χ4n) is 0. The zero-order chi connectivity index (χ0) is 4.00. The zero-order valence-corrected chi connectivity index (χ0v) is 5.32. The van der Waals surface area contributed by atoms with E-state index in [0.29, 0.717) is 16.5 Å². The van der Waals surface area contributed by atoms with Crippen molar-refractivity contribution in [2.75, 3.05) is 0 Å². The van der Waals surface area contributed by atoms with Gasteiger partial charge in [0.25, 0.3) is 0 Å². The van der Waals surface area contributed by atoms with E-state index in [2.05, 4.69) is 0 Å². The van der Waals surface area contributed by atoms with Gasteiger partial charge in [0.1, 0.15) is 9.12 Å². The third-order valence-corrected chi connectivity index (χ3v) is 0. The SMILES string of the molecule is O=P.[O]=[GeH]. The van der Waals surface area contributed by atoms with Gasteiger partial charge < -0.3 is 0 Å². The van der Waals surface area contributed by atoms with Gasteiger partial charge in [-0.15, -0.1) is 0 Å². The van der Waals surface area contributed by atoms with Crippen molar-refractivity contribution in [2.24, 2.45) is 0 Å². The monoisotopic (exact) mass is 139 g/mol. The van der Waals surface area contributed by atoms with Crippen molar-refractivity contribution in [2.45, 2.75) is 0 Å². The predicted molar refractivity (Wildman–Crippen MR) is 16.8 cm³/mol. The standard InChI is InChI=1S/GeHO.HOP/c2*1-2/h1H;2H. The van der Waals surface area contributed by atoms with Crippen molar-refractivity contribution in [3.8, 4) is 0 Å². The third-order valence-electron chi connectivity index (χ3n) is 0. The van der Waals surface area contributed by atoms with Crippen LogP contribution in [0.15, 0.2) is 0 Å². The second-order valence-electron chi connectivity index (χ2n) is 0. The van der Waals surface area contributed by atoms with Crippen molar-refractivity contribution in [3.05, 3.63) is 0 Å². The first-order valence-corrected chi connectivity index (χ1v) is 1.84. The van der Waals surface area contributed by atoms with E-state index in [9.17, 15) is 0 Å². The first kappa shape index (κ1) is 8.82. The van der Waals surface area contributed by atoms with Crippen molar-refractivity contribution in [1.82, 2.24) is 0 Å². The maximum atomic E-state index is 8.31. The van der Waals surface area contributed by atoms with E-state index in [4.69, 9.17) is 8.34 Å². The molecule has 0 rings (SSSR count). The molecule has 23 valence electrons. The van der Waals surface area contributed by atoms with Crippen molar-refractivity contribution in [3.63, 3.8) is 0 Å². The zero-order valence-electron chi connectivity index (χ0n) is 1.89. The van der Waals surface area contributed by atoms with Crippen molar-refractivity contribution >= 4 is 25.6 Å². The average Bonchev–Trinajstić information content (AvgIpc) is 1.50. The summed E-state index contributed by atoms with van der Waals surface area (Å²) in [5, 5.41) is 0. The van der Waals surface area contributed by atoms with Crippen LogP contribution in [0.1, 0.15) is 0 Å². The molecule has 0 aliphatic heterocycles. The fraction of sp³-hybridized carbons (Fsp3) is 0. The molecule has 0 fully saturated rings. The van der Waals surface area contributed by atoms with Crippen LogP contribution in [-0.4, -0.2) is 16.5 Å². The predicted octanol–water partition coefficient (Wildman–Crippen LogP) is -0.293. The molecular formula is H2GeO2P. The van der Waals surface area contributed by atoms with E-state index in [1.54, 1.807) is 9.12 Å². The minimum absolute atomic E-state index is 0.438. The van der Waals surface area contributed by atoms with Gasteiger partial charge in [-0.1, -0.05) is 0 Å². The first-order chi connectivity index (χ1) is 2.00. The van der Waals surface area contributed by atoms with E-state index in [1.807, 2.05) is 0 Å². The summed E-state index contributed by atoms with van der Waals surface area (Å²) in [4.78, 5) is 0. The van der Waals surface area contributed by atoms with Gasteiger partial charge in [0, 0.05) is 0 Å². The Kier molecular flexibility index (Phi) is 231. The van der Waals surface area contributed by atoms with Crippen LogP contribution in [0.2, 0.25) is 0 Å². The Bertz CT molecular complexity index is 8.00. The molecule has 4 heteroatoms. The Morgan fingerprint density at radius 2 is 1.25 bits per heavy atom. The molecule has 1 radical (unpaired) electrons. The first-order valence-electron chi connectivity index (χ1n) is 0.440. The van der Waals surface area contributed by atoms with Crippen LogP contribution >= 0.6 is 9.12 Å². The topological polar surface area (TPSA) is 34.1 Å². The van der Waals surface area contributed by atoms with Crippen LogP contribution in [0.3, 0.4) is 0 Å². The number of hydrogen-bond donors (Lipinski definition) is 0. The molecule has 0 aliphatic rings. The van der Waals surface area contributed by atoms with Gasteiger partial charge in [0.05, 0.1) is 0 Å². The third kappa shape index (κ3) is 25.9. The average molecular weight is 138 g/mol. The van der Waals surface area contributed by atoms with Crippen LogP contribution in [0.25, 0.3) is 0 Å². The molecule has 0 aromatic rings. The minimum atomic E-state index is 0.438. The molecule has 0 saturated carbocycles.